The number of benzene rings is 2. The minimum absolute atomic E-state index is 0.0603. The van der Waals surface area contributed by atoms with Gasteiger partial charge in [0, 0.05) is 22.1 Å². The fraction of sp³-hybridized carbons (Fsp3) is 0.481. The molecule has 190 valence electrons. The molecule has 6 nitrogen and oxygen atoms in total. The van der Waals surface area contributed by atoms with Crippen LogP contribution < -0.4 is 15.4 Å². The standard InChI is InChI=1S/C27H36BrFN4O2/c1-35-25-14-12-21(28)19-20(25)11-13-22-23(9-8-10-24(22)29)26(34)32-27(30)31-15-4-2-5-16-33-17-6-3-7-18-33/h8-10,12,14,19H,2-7,11,13,15-18H2,1H3,(H3,30,31,32,34). The average Bonchev–Trinajstić information content (AvgIpc) is 2.86. The fourth-order valence-electron chi connectivity index (χ4n) is 4.49. The quantitative estimate of drug-likeness (QED) is 0.203. The average molecular weight is 548 g/mol. The number of nitrogens with zero attached hydrogens (tertiary/aromatic N) is 1. The normalized spacial score (nSPS) is 13.9. The van der Waals surface area contributed by atoms with Crippen LogP contribution in [0.15, 0.2) is 40.9 Å². The van der Waals surface area contributed by atoms with Crippen LogP contribution >= 0.6 is 15.9 Å². The van der Waals surface area contributed by atoms with Crippen LogP contribution in [-0.4, -0.2) is 50.1 Å². The number of ether oxygens (including phenoxy) is 1. The number of amides is 1. The van der Waals surface area contributed by atoms with Gasteiger partial charge in [0.1, 0.15) is 11.6 Å². The molecule has 0 unspecified atom stereocenters. The van der Waals surface area contributed by atoms with Gasteiger partial charge in [-0.05, 0) is 94.1 Å². The number of hydrogen-bond donors (Lipinski definition) is 3. The van der Waals surface area contributed by atoms with Gasteiger partial charge in [0.25, 0.3) is 5.91 Å². The van der Waals surface area contributed by atoms with E-state index in [9.17, 15) is 9.18 Å². The van der Waals surface area contributed by atoms with Gasteiger partial charge >= 0.3 is 0 Å². The van der Waals surface area contributed by atoms with Crippen molar-refractivity contribution in [2.45, 2.75) is 51.4 Å². The highest BCUT2D eigenvalue weighted by Gasteiger charge is 2.17. The van der Waals surface area contributed by atoms with Gasteiger partial charge in [-0.1, -0.05) is 34.8 Å². The Hall–Kier alpha value is -2.45. The zero-order valence-corrected chi connectivity index (χ0v) is 22.1. The molecule has 1 heterocycles. The van der Waals surface area contributed by atoms with Gasteiger partial charge < -0.3 is 15.0 Å². The molecule has 0 bridgehead atoms. The van der Waals surface area contributed by atoms with E-state index in [1.165, 1.54) is 44.5 Å². The van der Waals surface area contributed by atoms with Crippen molar-refractivity contribution in [2.24, 2.45) is 0 Å². The summed E-state index contributed by atoms with van der Waals surface area (Å²) in [7, 11) is 1.60. The number of rotatable bonds is 11. The summed E-state index contributed by atoms with van der Waals surface area (Å²) in [5.74, 6) is -0.254. The van der Waals surface area contributed by atoms with E-state index in [0.717, 1.165) is 41.6 Å². The number of nitrogens with one attached hydrogen (secondary N) is 3. The summed E-state index contributed by atoms with van der Waals surface area (Å²) in [5.41, 5.74) is 1.50. The highest BCUT2D eigenvalue weighted by molar-refractivity contribution is 9.10. The number of carbonyl (C=O) groups excluding carboxylic acids is 1. The van der Waals surface area contributed by atoms with E-state index in [1.54, 1.807) is 13.2 Å². The van der Waals surface area contributed by atoms with Crippen molar-refractivity contribution in [1.29, 1.82) is 5.41 Å². The summed E-state index contributed by atoms with van der Waals surface area (Å²) in [4.78, 5) is 15.4. The summed E-state index contributed by atoms with van der Waals surface area (Å²) >= 11 is 3.46. The molecule has 0 aromatic heterocycles. The summed E-state index contributed by atoms with van der Waals surface area (Å²) in [6, 6.07) is 10.2. The predicted octanol–water partition coefficient (Wildman–Crippen LogP) is 5.29. The Bertz CT molecular complexity index is 995. The van der Waals surface area contributed by atoms with E-state index in [2.05, 4.69) is 31.5 Å². The van der Waals surface area contributed by atoms with E-state index in [4.69, 9.17) is 10.1 Å². The third-order valence-corrected chi connectivity index (χ3v) is 6.88. The minimum Gasteiger partial charge on any atom is -0.496 e. The molecular weight excluding hydrogens is 511 g/mol. The zero-order valence-electron chi connectivity index (χ0n) is 20.5. The molecule has 0 aliphatic carbocycles. The molecule has 3 N–H and O–H groups in total. The molecule has 8 heteroatoms. The number of likely N-dealkylation sites (tertiary alicyclic amines) is 1. The first-order valence-corrected chi connectivity index (χ1v) is 13.2. The highest BCUT2D eigenvalue weighted by atomic mass is 79.9. The summed E-state index contributed by atoms with van der Waals surface area (Å²) < 4.78 is 21.0. The Kier molecular flexibility index (Phi) is 11.0. The maximum Gasteiger partial charge on any atom is 0.258 e. The van der Waals surface area contributed by atoms with Crippen molar-refractivity contribution < 1.29 is 13.9 Å². The monoisotopic (exact) mass is 546 g/mol. The number of guanidine groups is 1. The Morgan fingerprint density at radius 1 is 1.11 bits per heavy atom. The Labute approximate surface area is 216 Å². The Balaban J connectivity index is 1.47. The van der Waals surface area contributed by atoms with Crippen molar-refractivity contribution in [1.82, 2.24) is 15.5 Å². The largest absolute Gasteiger partial charge is 0.496 e. The third kappa shape index (κ3) is 8.61. The van der Waals surface area contributed by atoms with Crippen molar-refractivity contribution in [2.75, 3.05) is 33.3 Å². The molecule has 0 spiro atoms. The second-order valence-corrected chi connectivity index (χ2v) is 9.86. The van der Waals surface area contributed by atoms with Gasteiger partial charge in [-0.3, -0.25) is 15.5 Å². The minimum atomic E-state index is -0.483. The van der Waals surface area contributed by atoms with E-state index >= 15 is 0 Å². The van der Waals surface area contributed by atoms with Gasteiger partial charge in [-0.15, -0.1) is 0 Å². The lowest BCUT2D eigenvalue weighted by molar-refractivity contribution is 0.0974. The Morgan fingerprint density at radius 2 is 1.91 bits per heavy atom. The van der Waals surface area contributed by atoms with E-state index in [0.29, 0.717) is 24.9 Å². The molecule has 35 heavy (non-hydrogen) atoms. The third-order valence-electron chi connectivity index (χ3n) is 6.39. The van der Waals surface area contributed by atoms with Crippen molar-refractivity contribution in [3.8, 4) is 5.75 Å². The number of methoxy groups -OCH3 is 1. The molecule has 1 saturated heterocycles. The molecule has 0 saturated carbocycles. The van der Waals surface area contributed by atoms with Crippen LogP contribution in [0.2, 0.25) is 0 Å². The molecule has 1 aliphatic heterocycles. The van der Waals surface area contributed by atoms with Gasteiger partial charge in [-0.25, -0.2) is 4.39 Å². The predicted molar refractivity (Wildman–Crippen MR) is 142 cm³/mol. The van der Waals surface area contributed by atoms with Crippen molar-refractivity contribution in [3.05, 3.63) is 63.4 Å². The van der Waals surface area contributed by atoms with E-state index < -0.39 is 11.7 Å². The number of halogens is 2. The molecule has 3 rings (SSSR count). The molecule has 2 aromatic rings. The van der Waals surface area contributed by atoms with E-state index in [-0.39, 0.29) is 11.5 Å². The molecule has 1 amide bonds. The highest BCUT2D eigenvalue weighted by Crippen LogP contribution is 2.25. The summed E-state index contributed by atoms with van der Waals surface area (Å²) in [6.07, 6.45) is 7.98. The smallest absolute Gasteiger partial charge is 0.258 e. The maximum atomic E-state index is 14.7. The topological polar surface area (TPSA) is 77.4 Å². The number of carbonyl (C=O) groups is 1. The zero-order chi connectivity index (χ0) is 25.0. The molecule has 1 aliphatic rings. The van der Waals surface area contributed by atoms with E-state index in [1.807, 2.05) is 18.2 Å². The fourth-order valence-corrected chi connectivity index (χ4v) is 4.89. The molecule has 0 radical (unpaired) electrons. The van der Waals surface area contributed by atoms with Crippen molar-refractivity contribution in [3.63, 3.8) is 0 Å². The SMILES string of the molecule is COc1ccc(Br)cc1CCc1c(F)cccc1C(=O)NC(=N)NCCCCCN1CCCCC1. The van der Waals surface area contributed by atoms with Gasteiger partial charge in [-0.2, -0.15) is 0 Å². The van der Waals surface area contributed by atoms with Crippen LogP contribution in [0.4, 0.5) is 4.39 Å². The van der Waals surface area contributed by atoms with Gasteiger partial charge in [0.2, 0.25) is 0 Å². The van der Waals surface area contributed by atoms with Crippen LogP contribution in [0.1, 0.15) is 60.0 Å². The van der Waals surface area contributed by atoms with Crippen LogP contribution in [0.3, 0.4) is 0 Å². The maximum absolute atomic E-state index is 14.7. The van der Waals surface area contributed by atoms with Crippen molar-refractivity contribution >= 4 is 27.8 Å². The first-order valence-electron chi connectivity index (χ1n) is 12.4. The summed E-state index contributed by atoms with van der Waals surface area (Å²) in [6.45, 7) is 4.20. The number of hydrogen-bond acceptors (Lipinski definition) is 4. The first kappa shape index (κ1) is 27.1. The second-order valence-electron chi connectivity index (χ2n) is 8.94. The number of aryl methyl sites for hydroxylation is 1. The molecule has 0 atom stereocenters. The molecular formula is C27H36BrFN4O2. The molecule has 2 aromatic carbocycles. The summed E-state index contributed by atoms with van der Waals surface area (Å²) in [5, 5.41) is 13.6. The number of piperidine rings is 1. The number of unbranched alkanes of at least 4 members (excludes halogenated alkanes) is 2. The van der Waals surface area contributed by atoms with Gasteiger partial charge in [0.15, 0.2) is 5.96 Å². The Morgan fingerprint density at radius 3 is 2.69 bits per heavy atom. The first-order chi connectivity index (χ1) is 17.0. The lowest BCUT2D eigenvalue weighted by atomic mass is 9.98. The van der Waals surface area contributed by atoms with Crippen LogP contribution in [-0.2, 0) is 12.8 Å². The molecule has 1 fully saturated rings. The van der Waals surface area contributed by atoms with Crippen LogP contribution in [0.25, 0.3) is 0 Å². The van der Waals surface area contributed by atoms with Crippen LogP contribution in [0, 0.1) is 11.2 Å². The van der Waals surface area contributed by atoms with Gasteiger partial charge in [0.05, 0.1) is 7.11 Å². The lowest BCUT2D eigenvalue weighted by Crippen LogP contribution is -2.41. The van der Waals surface area contributed by atoms with Crippen LogP contribution in [0.5, 0.6) is 5.75 Å². The lowest BCUT2D eigenvalue weighted by Gasteiger charge is -2.26. The second kappa shape index (κ2) is 14.2.